The second kappa shape index (κ2) is 5.55. The zero-order valence-electron chi connectivity index (χ0n) is 11.8. The van der Waals surface area contributed by atoms with E-state index in [4.69, 9.17) is 0 Å². The molecule has 1 aromatic rings. The van der Waals surface area contributed by atoms with Crippen LogP contribution in [0.15, 0.2) is 23.1 Å². The minimum atomic E-state index is -0.751. The zero-order chi connectivity index (χ0) is 14.0. The van der Waals surface area contributed by atoms with Crippen LogP contribution in [0.3, 0.4) is 0 Å². The van der Waals surface area contributed by atoms with Gasteiger partial charge in [0.2, 0.25) is 0 Å². The van der Waals surface area contributed by atoms with Crippen LogP contribution >= 0.6 is 11.8 Å². The van der Waals surface area contributed by atoms with Crippen molar-refractivity contribution in [2.45, 2.75) is 37.2 Å². The van der Waals surface area contributed by atoms with Crippen LogP contribution < -0.4 is 0 Å². The van der Waals surface area contributed by atoms with Crippen LogP contribution in [0.4, 0.5) is 0 Å². The number of likely N-dealkylation sites (tertiary alicyclic amines) is 1. The van der Waals surface area contributed by atoms with Gasteiger partial charge in [0.15, 0.2) is 0 Å². The van der Waals surface area contributed by atoms with E-state index in [0.29, 0.717) is 6.54 Å². The summed E-state index contributed by atoms with van der Waals surface area (Å²) in [5.74, 6) is 0.0355. The van der Waals surface area contributed by atoms with Crippen molar-refractivity contribution < 1.29 is 9.90 Å². The number of amides is 1. The highest BCUT2D eigenvalue weighted by Gasteiger charge is 2.31. The van der Waals surface area contributed by atoms with E-state index in [1.54, 1.807) is 23.6 Å². The minimum Gasteiger partial charge on any atom is -0.388 e. The summed E-state index contributed by atoms with van der Waals surface area (Å²) in [5.41, 5.74) is 0.997. The highest BCUT2D eigenvalue weighted by molar-refractivity contribution is 7.98. The highest BCUT2D eigenvalue weighted by atomic mass is 32.2. The smallest absolute Gasteiger partial charge is 0.254 e. The summed E-state index contributed by atoms with van der Waals surface area (Å²) in [6.45, 7) is 4.92. The van der Waals surface area contributed by atoms with Crippen LogP contribution in [-0.2, 0) is 0 Å². The molecule has 0 radical (unpaired) electrons. The fraction of sp³-hybridized carbons (Fsp3) is 0.533. The first kappa shape index (κ1) is 14.4. The number of hydrogen-bond donors (Lipinski definition) is 1. The molecule has 2 rings (SSSR count). The summed E-state index contributed by atoms with van der Waals surface area (Å²) in [6, 6.07) is 5.97. The van der Waals surface area contributed by atoms with Crippen molar-refractivity contribution in [2.75, 3.05) is 19.3 Å². The van der Waals surface area contributed by atoms with E-state index in [2.05, 4.69) is 0 Å². The summed E-state index contributed by atoms with van der Waals surface area (Å²) < 4.78 is 0. The lowest BCUT2D eigenvalue weighted by molar-refractivity contribution is -0.0107. The molecule has 1 aliphatic heterocycles. The van der Waals surface area contributed by atoms with Crippen LogP contribution in [0.1, 0.15) is 35.7 Å². The van der Waals surface area contributed by atoms with E-state index in [-0.39, 0.29) is 5.91 Å². The van der Waals surface area contributed by atoms with E-state index >= 15 is 0 Å². The Labute approximate surface area is 119 Å². The molecular formula is C15H21NO2S. The molecule has 104 valence electrons. The first-order chi connectivity index (χ1) is 8.93. The van der Waals surface area contributed by atoms with E-state index in [1.807, 2.05) is 31.4 Å². The van der Waals surface area contributed by atoms with Gasteiger partial charge in [-0.05, 0) is 50.6 Å². The second-order valence-electron chi connectivity index (χ2n) is 5.51. The Morgan fingerprint density at radius 1 is 1.47 bits per heavy atom. The van der Waals surface area contributed by atoms with Gasteiger partial charge in [0.05, 0.1) is 5.60 Å². The maximum Gasteiger partial charge on any atom is 0.254 e. The van der Waals surface area contributed by atoms with Gasteiger partial charge < -0.3 is 10.0 Å². The molecule has 1 aliphatic rings. The molecular weight excluding hydrogens is 258 g/mol. The third-order valence-electron chi connectivity index (χ3n) is 3.64. The lowest BCUT2D eigenvalue weighted by atomic mass is 9.94. The molecule has 3 nitrogen and oxygen atoms in total. The summed E-state index contributed by atoms with van der Waals surface area (Å²) >= 11 is 1.64. The number of nitrogens with zero attached hydrogens (tertiary/aromatic N) is 1. The highest BCUT2D eigenvalue weighted by Crippen LogP contribution is 2.24. The van der Waals surface area contributed by atoms with Crippen molar-refractivity contribution in [3.63, 3.8) is 0 Å². The zero-order valence-corrected chi connectivity index (χ0v) is 12.6. The lowest BCUT2D eigenvalue weighted by Gasteiger charge is -2.37. The molecule has 0 bridgehead atoms. The molecule has 0 aromatic heterocycles. The number of benzene rings is 1. The SMILES string of the molecule is CSc1ccc(C)c(C(=O)N2CCCC(C)(O)C2)c1. The predicted molar refractivity (Wildman–Crippen MR) is 78.7 cm³/mol. The van der Waals surface area contributed by atoms with Crippen LogP contribution in [0.25, 0.3) is 0 Å². The molecule has 1 amide bonds. The fourth-order valence-corrected chi connectivity index (χ4v) is 2.96. The van der Waals surface area contributed by atoms with Crippen molar-refractivity contribution in [3.8, 4) is 0 Å². The van der Waals surface area contributed by atoms with E-state index in [0.717, 1.165) is 35.4 Å². The van der Waals surface area contributed by atoms with Gasteiger partial charge in [-0.3, -0.25) is 4.79 Å². The molecule has 19 heavy (non-hydrogen) atoms. The quantitative estimate of drug-likeness (QED) is 0.846. The molecule has 0 spiro atoms. The molecule has 1 atom stereocenters. The van der Waals surface area contributed by atoms with Crippen molar-refractivity contribution in [1.29, 1.82) is 0 Å². The maximum atomic E-state index is 12.6. The van der Waals surface area contributed by atoms with Gasteiger partial charge in [0.25, 0.3) is 5.91 Å². The molecule has 1 N–H and O–H groups in total. The largest absolute Gasteiger partial charge is 0.388 e. The molecule has 1 saturated heterocycles. The third-order valence-corrected chi connectivity index (χ3v) is 4.36. The van der Waals surface area contributed by atoms with Gasteiger partial charge in [0.1, 0.15) is 0 Å². The van der Waals surface area contributed by atoms with Crippen LogP contribution in [0, 0.1) is 6.92 Å². The number of piperidine rings is 1. The number of β-amino-alcohol motifs (C(OH)–C–C–N with tert-alkyl or cyclic N) is 1. The number of aryl methyl sites for hydroxylation is 1. The Bertz CT molecular complexity index is 485. The molecule has 1 unspecified atom stereocenters. The van der Waals surface area contributed by atoms with Gasteiger partial charge in [0, 0.05) is 23.5 Å². The topological polar surface area (TPSA) is 40.5 Å². The number of rotatable bonds is 2. The molecule has 0 saturated carbocycles. The van der Waals surface area contributed by atoms with E-state index < -0.39 is 5.60 Å². The summed E-state index contributed by atoms with van der Waals surface area (Å²) in [5, 5.41) is 10.1. The Morgan fingerprint density at radius 2 is 2.21 bits per heavy atom. The Hall–Kier alpha value is -1.00. The van der Waals surface area contributed by atoms with Crippen molar-refractivity contribution in [1.82, 2.24) is 4.90 Å². The predicted octanol–water partition coefficient (Wildman–Crippen LogP) is 2.70. The number of thioether (sulfide) groups is 1. The normalized spacial score (nSPS) is 23.5. The Balaban J connectivity index is 2.24. The van der Waals surface area contributed by atoms with Crippen molar-refractivity contribution in [2.24, 2.45) is 0 Å². The molecule has 1 heterocycles. The van der Waals surface area contributed by atoms with E-state index in [1.165, 1.54) is 0 Å². The van der Waals surface area contributed by atoms with Crippen molar-refractivity contribution >= 4 is 17.7 Å². The molecule has 4 heteroatoms. The fourth-order valence-electron chi connectivity index (χ4n) is 2.52. The Kier molecular flexibility index (Phi) is 4.21. The number of carbonyl (C=O) groups excluding carboxylic acids is 1. The maximum absolute atomic E-state index is 12.6. The third kappa shape index (κ3) is 3.31. The van der Waals surface area contributed by atoms with E-state index in [9.17, 15) is 9.90 Å². The number of carbonyl (C=O) groups is 1. The van der Waals surface area contributed by atoms with Crippen LogP contribution in [0.2, 0.25) is 0 Å². The first-order valence-corrected chi connectivity index (χ1v) is 7.82. The average molecular weight is 279 g/mol. The second-order valence-corrected chi connectivity index (χ2v) is 6.39. The number of aliphatic hydroxyl groups is 1. The number of hydrogen-bond acceptors (Lipinski definition) is 3. The van der Waals surface area contributed by atoms with Gasteiger partial charge in [-0.25, -0.2) is 0 Å². The monoisotopic (exact) mass is 279 g/mol. The van der Waals surface area contributed by atoms with Gasteiger partial charge in [-0.1, -0.05) is 6.07 Å². The summed E-state index contributed by atoms with van der Waals surface area (Å²) in [6.07, 6.45) is 3.63. The van der Waals surface area contributed by atoms with Gasteiger partial charge >= 0.3 is 0 Å². The molecule has 0 aliphatic carbocycles. The summed E-state index contributed by atoms with van der Waals surface area (Å²) in [7, 11) is 0. The van der Waals surface area contributed by atoms with Crippen LogP contribution in [-0.4, -0.2) is 40.9 Å². The molecule has 1 aromatic carbocycles. The first-order valence-electron chi connectivity index (χ1n) is 6.59. The lowest BCUT2D eigenvalue weighted by Crippen LogP contribution is -2.48. The Morgan fingerprint density at radius 3 is 2.84 bits per heavy atom. The average Bonchev–Trinajstić information content (AvgIpc) is 2.37. The van der Waals surface area contributed by atoms with Crippen LogP contribution in [0.5, 0.6) is 0 Å². The van der Waals surface area contributed by atoms with Gasteiger partial charge in [-0.2, -0.15) is 0 Å². The minimum absolute atomic E-state index is 0.0355. The van der Waals surface area contributed by atoms with Gasteiger partial charge in [-0.15, -0.1) is 11.8 Å². The standard InChI is InChI=1S/C15H21NO2S/c1-11-5-6-12(19-3)9-13(11)14(17)16-8-4-7-15(2,18)10-16/h5-6,9,18H,4,7-8,10H2,1-3H3. The molecule has 1 fully saturated rings. The van der Waals surface area contributed by atoms with Crippen molar-refractivity contribution in [3.05, 3.63) is 29.3 Å². The summed E-state index contributed by atoms with van der Waals surface area (Å²) in [4.78, 5) is 15.5.